The van der Waals surface area contributed by atoms with Gasteiger partial charge in [0, 0.05) is 0 Å². The van der Waals surface area contributed by atoms with Gasteiger partial charge in [0.2, 0.25) is 0 Å². The zero-order valence-corrected chi connectivity index (χ0v) is 7.24. The average Bonchev–Trinajstić information content (AvgIpc) is 2.01. The SMILES string of the molecule is Cc1cc(C)cc(B(O)ON)c1. The monoisotopic (exact) mass is 165 g/mol. The van der Waals surface area contributed by atoms with E-state index < -0.39 is 7.12 Å². The lowest BCUT2D eigenvalue weighted by molar-refractivity contribution is 0.281. The number of rotatable bonds is 2. The molecule has 0 radical (unpaired) electrons. The highest BCUT2D eigenvalue weighted by molar-refractivity contribution is 6.59. The van der Waals surface area contributed by atoms with E-state index in [2.05, 4.69) is 4.76 Å². The Morgan fingerprint density at radius 2 is 1.75 bits per heavy atom. The minimum Gasteiger partial charge on any atom is -0.422 e. The summed E-state index contributed by atoms with van der Waals surface area (Å²) in [5.74, 6) is 4.85. The van der Waals surface area contributed by atoms with E-state index in [9.17, 15) is 5.02 Å². The largest absolute Gasteiger partial charge is 0.508 e. The quantitative estimate of drug-likeness (QED) is 0.474. The Balaban J connectivity index is 3.00. The minimum absolute atomic E-state index is 0.690. The van der Waals surface area contributed by atoms with E-state index in [0.717, 1.165) is 11.1 Å². The lowest BCUT2D eigenvalue weighted by atomic mass is 9.78. The van der Waals surface area contributed by atoms with Crippen molar-refractivity contribution in [2.24, 2.45) is 5.90 Å². The molecule has 1 aromatic carbocycles. The normalized spacial score (nSPS) is 10.0. The van der Waals surface area contributed by atoms with Gasteiger partial charge in [-0.05, 0) is 19.3 Å². The molecular weight excluding hydrogens is 153 g/mol. The molecule has 3 nitrogen and oxygen atoms in total. The van der Waals surface area contributed by atoms with E-state index in [4.69, 9.17) is 5.90 Å². The molecule has 0 fully saturated rings. The fraction of sp³-hybridized carbons (Fsp3) is 0.250. The van der Waals surface area contributed by atoms with Gasteiger partial charge in [-0.15, -0.1) is 0 Å². The first-order chi connectivity index (χ1) is 5.63. The van der Waals surface area contributed by atoms with Crippen LogP contribution in [0.15, 0.2) is 18.2 Å². The van der Waals surface area contributed by atoms with Crippen molar-refractivity contribution in [1.29, 1.82) is 0 Å². The molecule has 12 heavy (non-hydrogen) atoms. The molecule has 1 rings (SSSR count). The molecule has 0 bridgehead atoms. The van der Waals surface area contributed by atoms with E-state index in [1.54, 1.807) is 0 Å². The van der Waals surface area contributed by atoms with Crippen LogP contribution in [0.4, 0.5) is 0 Å². The first-order valence-corrected chi connectivity index (χ1v) is 3.75. The average molecular weight is 165 g/mol. The van der Waals surface area contributed by atoms with Crippen LogP contribution in [-0.2, 0) is 4.76 Å². The van der Waals surface area contributed by atoms with Gasteiger partial charge < -0.3 is 9.78 Å². The molecule has 4 heteroatoms. The summed E-state index contributed by atoms with van der Waals surface area (Å²) >= 11 is 0. The highest BCUT2D eigenvalue weighted by Crippen LogP contribution is 2.00. The Labute approximate surface area is 72.3 Å². The topological polar surface area (TPSA) is 55.5 Å². The van der Waals surface area contributed by atoms with Crippen molar-refractivity contribution in [3.8, 4) is 0 Å². The predicted molar refractivity (Wildman–Crippen MR) is 48.8 cm³/mol. The van der Waals surface area contributed by atoms with Crippen LogP contribution in [0.25, 0.3) is 0 Å². The molecule has 0 unspecified atom stereocenters. The van der Waals surface area contributed by atoms with Gasteiger partial charge in [-0.25, -0.2) is 5.90 Å². The van der Waals surface area contributed by atoms with Crippen LogP contribution < -0.4 is 11.4 Å². The van der Waals surface area contributed by atoms with Crippen LogP contribution >= 0.6 is 0 Å². The van der Waals surface area contributed by atoms with Gasteiger partial charge in [-0.3, -0.25) is 0 Å². The maximum Gasteiger partial charge on any atom is 0.508 e. The fourth-order valence-corrected chi connectivity index (χ4v) is 1.23. The minimum atomic E-state index is -1.02. The zero-order chi connectivity index (χ0) is 9.14. The lowest BCUT2D eigenvalue weighted by Gasteiger charge is -2.05. The number of nitrogens with two attached hydrogens (primary N) is 1. The summed E-state index contributed by atoms with van der Waals surface area (Å²) in [5.41, 5.74) is 2.86. The number of hydrogen-bond acceptors (Lipinski definition) is 3. The molecule has 3 N–H and O–H groups in total. The number of benzene rings is 1. The van der Waals surface area contributed by atoms with Crippen LogP contribution in [-0.4, -0.2) is 12.1 Å². The Hall–Kier alpha value is -0.835. The van der Waals surface area contributed by atoms with E-state index in [0.29, 0.717) is 5.46 Å². The molecule has 0 amide bonds. The molecule has 0 aliphatic heterocycles. The van der Waals surface area contributed by atoms with Crippen molar-refractivity contribution in [3.63, 3.8) is 0 Å². The van der Waals surface area contributed by atoms with Crippen LogP contribution in [0.5, 0.6) is 0 Å². The fourth-order valence-electron chi connectivity index (χ4n) is 1.23. The molecule has 0 atom stereocenters. The Kier molecular flexibility index (Phi) is 2.86. The molecule has 0 saturated heterocycles. The maximum atomic E-state index is 9.23. The second-order valence-corrected chi connectivity index (χ2v) is 2.91. The Morgan fingerprint density at radius 3 is 2.17 bits per heavy atom. The van der Waals surface area contributed by atoms with Crippen molar-refractivity contribution in [3.05, 3.63) is 29.3 Å². The van der Waals surface area contributed by atoms with E-state index in [1.165, 1.54) is 0 Å². The van der Waals surface area contributed by atoms with Crippen molar-refractivity contribution in [1.82, 2.24) is 0 Å². The molecule has 64 valence electrons. The van der Waals surface area contributed by atoms with Gasteiger partial charge in [-0.2, -0.15) is 0 Å². The molecule has 0 saturated carbocycles. The van der Waals surface area contributed by atoms with Gasteiger partial charge in [0.25, 0.3) is 0 Å². The second-order valence-electron chi connectivity index (χ2n) is 2.91. The molecule has 0 aliphatic rings. The van der Waals surface area contributed by atoms with Gasteiger partial charge in [0.05, 0.1) is 0 Å². The van der Waals surface area contributed by atoms with E-state index >= 15 is 0 Å². The maximum absolute atomic E-state index is 9.23. The van der Waals surface area contributed by atoms with Crippen LogP contribution in [0.2, 0.25) is 0 Å². The highest BCUT2D eigenvalue weighted by Gasteiger charge is 2.15. The van der Waals surface area contributed by atoms with Crippen molar-refractivity contribution >= 4 is 12.6 Å². The van der Waals surface area contributed by atoms with Crippen molar-refractivity contribution in [2.75, 3.05) is 0 Å². The Morgan fingerprint density at radius 1 is 1.25 bits per heavy atom. The van der Waals surface area contributed by atoms with Crippen molar-refractivity contribution < 1.29 is 9.78 Å². The van der Waals surface area contributed by atoms with E-state index in [-0.39, 0.29) is 0 Å². The standard InChI is InChI=1S/C8H12BNO2/c1-6-3-7(2)5-8(4-6)9(11)12-10/h3-5,11H,10H2,1-2H3. The van der Waals surface area contributed by atoms with E-state index in [1.807, 2.05) is 32.0 Å². The number of hydrogen-bond donors (Lipinski definition) is 2. The second kappa shape index (κ2) is 3.71. The van der Waals surface area contributed by atoms with Crippen molar-refractivity contribution in [2.45, 2.75) is 13.8 Å². The van der Waals surface area contributed by atoms with Crippen LogP contribution in [0.3, 0.4) is 0 Å². The summed E-state index contributed by atoms with van der Waals surface area (Å²) in [6.45, 7) is 3.92. The highest BCUT2D eigenvalue weighted by atomic mass is 16.6. The molecular formula is C8H12BNO2. The van der Waals surface area contributed by atoms with Crippen LogP contribution in [0, 0.1) is 13.8 Å². The molecule has 1 aromatic rings. The number of aryl methyl sites for hydroxylation is 2. The molecule has 0 spiro atoms. The first kappa shape index (κ1) is 9.25. The summed E-state index contributed by atoms with van der Waals surface area (Å²) in [5, 5.41) is 9.23. The summed E-state index contributed by atoms with van der Waals surface area (Å²) in [7, 11) is -1.02. The van der Waals surface area contributed by atoms with Gasteiger partial charge >= 0.3 is 7.12 Å². The van der Waals surface area contributed by atoms with Gasteiger partial charge in [0.1, 0.15) is 0 Å². The molecule has 0 aromatic heterocycles. The lowest BCUT2D eigenvalue weighted by Crippen LogP contribution is -2.36. The summed E-state index contributed by atoms with van der Waals surface area (Å²) in [6.07, 6.45) is 0. The third kappa shape index (κ3) is 2.07. The Bertz CT molecular complexity index is 258. The molecule has 0 heterocycles. The smallest absolute Gasteiger partial charge is 0.422 e. The summed E-state index contributed by atoms with van der Waals surface area (Å²) in [4.78, 5) is 0. The third-order valence-electron chi connectivity index (χ3n) is 1.66. The summed E-state index contributed by atoms with van der Waals surface area (Å²) < 4.78 is 4.30. The summed E-state index contributed by atoms with van der Waals surface area (Å²) in [6, 6.07) is 5.70. The zero-order valence-electron chi connectivity index (χ0n) is 7.24. The van der Waals surface area contributed by atoms with Gasteiger partial charge in [-0.1, -0.05) is 29.3 Å². The first-order valence-electron chi connectivity index (χ1n) is 3.75. The molecule has 0 aliphatic carbocycles. The van der Waals surface area contributed by atoms with Gasteiger partial charge in [0.15, 0.2) is 0 Å². The third-order valence-corrected chi connectivity index (χ3v) is 1.66. The predicted octanol–water partition coefficient (Wildman–Crippen LogP) is -0.119. The van der Waals surface area contributed by atoms with Crippen LogP contribution in [0.1, 0.15) is 11.1 Å².